The summed E-state index contributed by atoms with van der Waals surface area (Å²) in [4.78, 5) is 12.2. The van der Waals surface area contributed by atoms with Gasteiger partial charge in [0.15, 0.2) is 0 Å². The second kappa shape index (κ2) is 5.97. The van der Waals surface area contributed by atoms with Gasteiger partial charge in [0.2, 0.25) is 0 Å². The van der Waals surface area contributed by atoms with Gasteiger partial charge in [-0.05, 0) is 31.8 Å². The first-order chi connectivity index (χ1) is 5.93. The van der Waals surface area contributed by atoms with Gasteiger partial charge in [-0.25, -0.2) is 0 Å². The van der Waals surface area contributed by atoms with Crippen molar-refractivity contribution in [3.8, 4) is 0 Å². The van der Waals surface area contributed by atoms with Crippen LogP contribution in [0.3, 0.4) is 0 Å². The van der Waals surface area contributed by atoms with Crippen LogP contribution in [0, 0.1) is 11.8 Å². The van der Waals surface area contributed by atoms with Gasteiger partial charge in [0, 0.05) is 0 Å². The van der Waals surface area contributed by atoms with E-state index in [1.165, 1.54) is 0 Å². The second-order valence-electron chi connectivity index (χ2n) is 4.14. The smallest absolute Gasteiger partial charge is 0.317 e. The van der Waals surface area contributed by atoms with Gasteiger partial charge in [-0.3, -0.25) is 9.69 Å². The summed E-state index contributed by atoms with van der Waals surface area (Å²) >= 11 is 0. The van der Waals surface area contributed by atoms with Gasteiger partial charge in [0.1, 0.15) is 0 Å². The quantitative estimate of drug-likeness (QED) is 0.688. The van der Waals surface area contributed by atoms with Crippen LogP contribution >= 0.6 is 0 Å². The molecule has 0 aromatic rings. The lowest BCUT2D eigenvalue weighted by atomic mass is 9.95. The molecule has 0 amide bonds. The molecule has 0 aliphatic rings. The molecule has 1 unspecified atom stereocenters. The number of hydrogen-bond donors (Lipinski definition) is 1. The highest BCUT2D eigenvalue weighted by Crippen LogP contribution is 2.13. The van der Waals surface area contributed by atoms with Crippen molar-refractivity contribution in [2.45, 2.75) is 27.2 Å². The summed E-state index contributed by atoms with van der Waals surface area (Å²) in [5, 5.41) is 8.52. The van der Waals surface area contributed by atoms with E-state index in [2.05, 4.69) is 20.8 Å². The van der Waals surface area contributed by atoms with Crippen LogP contribution in [0.1, 0.15) is 27.2 Å². The van der Waals surface area contributed by atoms with Crippen LogP contribution in [-0.4, -0.2) is 36.1 Å². The normalized spacial score (nSPS) is 13.7. The topological polar surface area (TPSA) is 40.5 Å². The molecule has 0 radical (unpaired) electrons. The average molecular weight is 187 g/mol. The lowest BCUT2D eigenvalue weighted by Gasteiger charge is -2.19. The molecule has 3 nitrogen and oxygen atoms in total. The largest absolute Gasteiger partial charge is 0.480 e. The fourth-order valence-corrected chi connectivity index (χ4v) is 1.07. The minimum atomic E-state index is -0.750. The highest BCUT2D eigenvalue weighted by molar-refractivity contribution is 5.68. The fourth-order valence-electron chi connectivity index (χ4n) is 1.07. The van der Waals surface area contributed by atoms with Crippen LogP contribution in [0.2, 0.25) is 0 Å². The molecule has 78 valence electrons. The maximum absolute atomic E-state index is 10.3. The predicted octanol–water partition coefficient (Wildman–Crippen LogP) is 1.69. The maximum atomic E-state index is 10.3. The summed E-state index contributed by atoms with van der Waals surface area (Å²) in [6.45, 7) is 7.61. The van der Waals surface area contributed by atoms with Gasteiger partial charge in [0.05, 0.1) is 6.54 Å². The molecule has 1 atom stereocenters. The minimum Gasteiger partial charge on any atom is -0.480 e. The SMILES string of the molecule is CC(C)C(C)CCN(C)CC(=O)O. The summed E-state index contributed by atoms with van der Waals surface area (Å²) in [5.74, 6) is 0.592. The highest BCUT2D eigenvalue weighted by Gasteiger charge is 2.09. The summed E-state index contributed by atoms with van der Waals surface area (Å²) < 4.78 is 0. The van der Waals surface area contributed by atoms with Crippen molar-refractivity contribution in [3.05, 3.63) is 0 Å². The molecule has 1 N–H and O–H groups in total. The number of carboxylic acids is 1. The summed E-state index contributed by atoms with van der Waals surface area (Å²) in [7, 11) is 1.85. The zero-order chi connectivity index (χ0) is 10.4. The molecule has 3 heteroatoms. The van der Waals surface area contributed by atoms with E-state index in [1.807, 2.05) is 11.9 Å². The molecule has 0 aromatic heterocycles. The Bertz CT molecular complexity index is 157. The average Bonchev–Trinajstić information content (AvgIpc) is 1.98. The van der Waals surface area contributed by atoms with Crippen LogP contribution in [0.15, 0.2) is 0 Å². The third kappa shape index (κ3) is 6.58. The monoisotopic (exact) mass is 187 g/mol. The number of hydrogen-bond acceptors (Lipinski definition) is 2. The van der Waals surface area contributed by atoms with E-state index >= 15 is 0 Å². The van der Waals surface area contributed by atoms with Crippen LogP contribution in [0.4, 0.5) is 0 Å². The number of likely N-dealkylation sites (N-methyl/N-ethyl adjacent to an activating group) is 1. The first-order valence-corrected chi connectivity index (χ1v) is 4.83. The highest BCUT2D eigenvalue weighted by atomic mass is 16.4. The van der Waals surface area contributed by atoms with E-state index in [4.69, 9.17) is 5.11 Å². The fraction of sp³-hybridized carbons (Fsp3) is 0.900. The van der Waals surface area contributed by atoms with Gasteiger partial charge >= 0.3 is 5.97 Å². The van der Waals surface area contributed by atoms with Crippen LogP contribution < -0.4 is 0 Å². The van der Waals surface area contributed by atoms with E-state index in [1.54, 1.807) is 0 Å². The molecule has 0 fully saturated rings. The van der Waals surface area contributed by atoms with Crippen LogP contribution in [0.5, 0.6) is 0 Å². The zero-order valence-electron chi connectivity index (χ0n) is 9.08. The number of carboxylic acid groups (broad SMARTS) is 1. The maximum Gasteiger partial charge on any atom is 0.317 e. The molecule has 0 saturated carbocycles. The molecule has 0 aliphatic carbocycles. The van der Waals surface area contributed by atoms with Gasteiger partial charge < -0.3 is 5.11 Å². The molecule has 0 bridgehead atoms. The minimum absolute atomic E-state index is 0.144. The van der Waals surface area contributed by atoms with Gasteiger partial charge in [-0.1, -0.05) is 20.8 Å². The van der Waals surface area contributed by atoms with Crippen LogP contribution in [0.25, 0.3) is 0 Å². The Morgan fingerprint density at radius 1 is 1.38 bits per heavy atom. The Kier molecular flexibility index (Phi) is 5.71. The number of carbonyl (C=O) groups is 1. The van der Waals surface area contributed by atoms with Gasteiger partial charge in [-0.15, -0.1) is 0 Å². The van der Waals surface area contributed by atoms with E-state index in [-0.39, 0.29) is 6.54 Å². The Morgan fingerprint density at radius 3 is 2.31 bits per heavy atom. The predicted molar refractivity (Wildman–Crippen MR) is 53.8 cm³/mol. The van der Waals surface area contributed by atoms with Crippen LogP contribution in [-0.2, 0) is 4.79 Å². The molecule has 0 heterocycles. The number of rotatable bonds is 6. The summed E-state index contributed by atoms with van der Waals surface area (Å²) in [5.41, 5.74) is 0. The zero-order valence-corrected chi connectivity index (χ0v) is 9.08. The van der Waals surface area contributed by atoms with E-state index < -0.39 is 5.97 Å². The standard InChI is InChI=1S/C10H21NO2/c1-8(2)9(3)5-6-11(4)7-10(12)13/h8-9H,5-7H2,1-4H3,(H,12,13). The first-order valence-electron chi connectivity index (χ1n) is 4.83. The lowest BCUT2D eigenvalue weighted by Crippen LogP contribution is -2.28. The van der Waals surface area contributed by atoms with Gasteiger partial charge in [-0.2, -0.15) is 0 Å². The third-order valence-electron chi connectivity index (χ3n) is 2.51. The third-order valence-corrected chi connectivity index (χ3v) is 2.51. The van der Waals surface area contributed by atoms with Crippen molar-refractivity contribution in [1.29, 1.82) is 0 Å². The summed E-state index contributed by atoms with van der Waals surface area (Å²) in [6, 6.07) is 0. The van der Waals surface area contributed by atoms with Crippen molar-refractivity contribution >= 4 is 5.97 Å². The summed E-state index contributed by atoms with van der Waals surface area (Å²) in [6.07, 6.45) is 1.07. The van der Waals surface area contributed by atoms with Crippen molar-refractivity contribution in [2.75, 3.05) is 20.1 Å². The Hall–Kier alpha value is -0.570. The van der Waals surface area contributed by atoms with E-state index in [0.717, 1.165) is 13.0 Å². The molecule has 0 aliphatic heterocycles. The van der Waals surface area contributed by atoms with Crippen molar-refractivity contribution in [1.82, 2.24) is 4.90 Å². The molecule has 0 spiro atoms. The molecule has 0 rings (SSSR count). The Labute approximate surface area is 80.7 Å². The van der Waals surface area contributed by atoms with Crippen molar-refractivity contribution in [3.63, 3.8) is 0 Å². The van der Waals surface area contributed by atoms with Gasteiger partial charge in [0.25, 0.3) is 0 Å². The van der Waals surface area contributed by atoms with Crippen molar-refractivity contribution < 1.29 is 9.90 Å². The van der Waals surface area contributed by atoms with Crippen molar-refractivity contribution in [2.24, 2.45) is 11.8 Å². The molecule has 0 aromatic carbocycles. The second-order valence-corrected chi connectivity index (χ2v) is 4.14. The van der Waals surface area contributed by atoms with E-state index in [0.29, 0.717) is 11.8 Å². The first kappa shape index (κ1) is 12.4. The Morgan fingerprint density at radius 2 is 1.92 bits per heavy atom. The lowest BCUT2D eigenvalue weighted by molar-refractivity contribution is -0.138. The Balaban J connectivity index is 3.57. The molecular weight excluding hydrogens is 166 g/mol. The number of nitrogens with zero attached hydrogens (tertiary/aromatic N) is 1. The molecule has 0 saturated heterocycles. The molecular formula is C10H21NO2. The van der Waals surface area contributed by atoms with E-state index in [9.17, 15) is 4.79 Å². The molecule has 13 heavy (non-hydrogen) atoms. The number of aliphatic carboxylic acids is 1.